The van der Waals surface area contributed by atoms with Gasteiger partial charge in [0.25, 0.3) is 5.91 Å². The van der Waals surface area contributed by atoms with E-state index in [0.29, 0.717) is 0 Å². The smallest absolute Gasteiger partial charge is 0.266 e. The van der Waals surface area contributed by atoms with E-state index < -0.39 is 0 Å². The zero-order valence-electron chi connectivity index (χ0n) is 15.5. The third kappa shape index (κ3) is 3.02. The number of hydrogen-bond acceptors (Lipinski definition) is 5. The van der Waals surface area contributed by atoms with Gasteiger partial charge in [0.05, 0.1) is 22.0 Å². The van der Waals surface area contributed by atoms with Crippen molar-refractivity contribution in [3.05, 3.63) is 70.2 Å². The van der Waals surface area contributed by atoms with Crippen molar-refractivity contribution < 1.29 is 4.79 Å². The van der Waals surface area contributed by atoms with E-state index in [1.54, 1.807) is 11.3 Å². The van der Waals surface area contributed by atoms with Gasteiger partial charge in [0, 0.05) is 12.1 Å². The van der Waals surface area contributed by atoms with Gasteiger partial charge in [0.1, 0.15) is 14.9 Å². The first kappa shape index (κ1) is 17.5. The number of para-hydroxylation sites is 1. The van der Waals surface area contributed by atoms with Crippen LogP contribution in [0, 0.1) is 6.92 Å². The van der Waals surface area contributed by atoms with Crippen molar-refractivity contribution in [1.29, 1.82) is 0 Å². The molecule has 2 aromatic heterocycles. The Morgan fingerprint density at radius 3 is 2.64 bits per heavy atom. The van der Waals surface area contributed by atoms with Crippen molar-refractivity contribution >= 4 is 38.8 Å². The number of amides is 1. The van der Waals surface area contributed by atoms with Gasteiger partial charge in [-0.05, 0) is 31.9 Å². The van der Waals surface area contributed by atoms with Crippen LogP contribution < -0.4 is 0 Å². The highest BCUT2D eigenvalue weighted by atomic mass is 32.1. The molecule has 1 aliphatic rings. The predicted molar refractivity (Wildman–Crippen MR) is 115 cm³/mol. The molecule has 2 aromatic carbocycles. The molecule has 1 aliphatic heterocycles. The van der Waals surface area contributed by atoms with Crippen LogP contribution in [0.25, 0.3) is 20.8 Å². The number of fused-ring (bicyclic) bond motifs is 1. The summed E-state index contributed by atoms with van der Waals surface area (Å²) >= 11 is 3.19. The highest BCUT2D eigenvalue weighted by Gasteiger charge is 2.34. The van der Waals surface area contributed by atoms with Gasteiger partial charge in [-0.3, -0.25) is 4.79 Å². The van der Waals surface area contributed by atoms with Gasteiger partial charge in [0.15, 0.2) is 0 Å². The summed E-state index contributed by atoms with van der Waals surface area (Å²) in [4.78, 5) is 25.6. The molecule has 1 fully saturated rings. The van der Waals surface area contributed by atoms with Gasteiger partial charge in [-0.1, -0.05) is 42.5 Å². The lowest BCUT2D eigenvalue weighted by molar-refractivity contribution is 0.0739. The maximum Gasteiger partial charge on any atom is 0.266 e. The van der Waals surface area contributed by atoms with Crippen LogP contribution in [0.15, 0.2) is 54.6 Å². The Labute approximate surface area is 171 Å². The third-order valence-electron chi connectivity index (χ3n) is 5.12. The molecule has 0 aliphatic carbocycles. The second kappa shape index (κ2) is 7.11. The molecule has 1 saturated heterocycles. The van der Waals surface area contributed by atoms with Crippen LogP contribution in [0.5, 0.6) is 0 Å². The second-order valence-electron chi connectivity index (χ2n) is 6.98. The molecular weight excluding hydrogens is 386 g/mol. The number of thiazole rings is 2. The minimum atomic E-state index is 0.0616. The molecule has 4 nitrogen and oxygen atoms in total. The Balaban J connectivity index is 1.47. The number of benzene rings is 2. The summed E-state index contributed by atoms with van der Waals surface area (Å²) in [6.45, 7) is 2.70. The van der Waals surface area contributed by atoms with Gasteiger partial charge in [-0.15, -0.1) is 22.7 Å². The molecule has 1 amide bonds. The summed E-state index contributed by atoms with van der Waals surface area (Å²) in [5.74, 6) is 0.0823. The molecule has 140 valence electrons. The van der Waals surface area contributed by atoms with Gasteiger partial charge in [-0.2, -0.15) is 0 Å². The summed E-state index contributed by atoms with van der Waals surface area (Å²) in [5.41, 5.74) is 2.88. The molecule has 1 unspecified atom stereocenters. The monoisotopic (exact) mass is 405 g/mol. The minimum Gasteiger partial charge on any atom is -0.328 e. The molecule has 6 heteroatoms. The first-order valence-electron chi connectivity index (χ1n) is 9.40. The molecule has 3 heterocycles. The quantitative estimate of drug-likeness (QED) is 0.439. The van der Waals surface area contributed by atoms with Crippen LogP contribution in [-0.4, -0.2) is 27.3 Å². The summed E-state index contributed by atoms with van der Waals surface area (Å²) < 4.78 is 1.18. The predicted octanol–water partition coefficient (Wildman–Crippen LogP) is 5.71. The molecule has 0 N–H and O–H groups in total. The number of rotatable bonds is 3. The Hall–Kier alpha value is -2.57. The number of nitrogens with zero attached hydrogens (tertiary/aromatic N) is 3. The van der Waals surface area contributed by atoms with Gasteiger partial charge in [-0.25, -0.2) is 9.97 Å². The van der Waals surface area contributed by atoms with Gasteiger partial charge in [0.2, 0.25) is 0 Å². The van der Waals surface area contributed by atoms with Crippen molar-refractivity contribution in [2.45, 2.75) is 25.8 Å². The van der Waals surface area contributed by atoms with Crippen molar-refractivity contribution in [3.8, 4) is 10.6 Å². The maximum absolute atomic E-state index is 13.4. The second-order valence-corrected chi connectivity index (χ2v) is 9.04. The maximum atomic E-state index is 13.4. The Kier molecular flexibility index (Phi) is 4.45. The van der Waals surface area contributed by atoms with Crippen LogP contribution in [0.1, 0.15) is 39.3 Å². The number of aromatic nitrogens is 2. The Bertz CT molecular complexity index is 1120. The van der Waals surface area contributed by atoms with E-state index >= 15 is 0 Å². The number of likely N-dealkylation sites (tertiary alicyclic amines) is 1. The molecule has 0 radical (unpaired) electrons. The zero-order chi connectivity index (χ0) is 19.1. The third-order valence-corrected chi connectivity index (χ3v) is 7.45. The van der Waals surface area contributed by atoms with Crippen molar-refractivity contribution in [2.75, 3.05) is 6.54 Å². The van der Waals surface area contributed by atoms with Crippen LogP contribution >= 0.6 is 22.7 Å². The minimum absolute atomic E-state index is 0.0616. The lowest BCUT2D eigenvalue weighted by Crippen LogP contribution is -2.30. The van der Waals surface area contributed by atoms with Gasteiger partial charge < -0.3 is 4.90 Å². The van der Waals surface area contributed by atoms with E-state index in [2.05, 4.69) is 11.1 Å². The van der Waals surface area contributed by atoms with Crippen LogP contribution in [-0.2, 0) is 0 Å². The molecule has 5 rings (SSSR count). The fraction of sp³-hybridized carbons (Fsp3) is 0.227. The molecular formula is C22H19N3OS2. The van der Waals surface area contributed by atoms with E-state index in [1.807, 2.05) is 60.4 Å². The average Bonchev–Trinajstić information content (AvgIpc) is 3.45. The molecule has 0 bridgehead atoms. The topological polar surface area (TPSA) is 46.1 Å². The molecule has 0 saturated carbocycles. The molecule has 1 atom stereocenters. The van der Waals surface area contributed by atoms with E-state index in [0.717, 1.165) is 51.1 Å². The van der Waals surface area contributed by atoms with E-state index in [4.69, 9.17) is 4.98 Å². The van der Waals surface area contributed by atoms with Crippen LogP contribution in [0.3, 0.4) is 0 Å². The van der Waals surface area contributed by atoms with Crippen molar-refractivity contribution in [2.24, 2.45) is 0 Å². The molecule has 0 spiro atoms. The summed E-state index contributed by atoms with van der Waals surface area (Å²) in [6, 6.07) is 18.3. The van der Waals surface area contributed by atoms with Crippen molar-refractivity contribution in [1.82, 2.24) is 14.9 Å². The highest BCUT2D eigenvalue weighted by Crippen LogP contribution is 2.38. The Morgan fingerprint density at radius 2 is 1.82 bits per heavy atom. The fourth-order valence-corrected chi connectivity index (χ4v) is 5.87. The number of hydrogen-bond donors (Lipinski definition) is 0. The SMILES string of the molecule is Cc1nc(-c2ccccc2)sc1C(=O)N1CCCC1c1nc2ccccc2s1. The van der Waals surface area contributed by atoms with Crippen LogP contribution in [0.4, 0.5) is 0 Å². The number of carbonyl (C=O) groups is 1. The zero-order valence-corrected chi connectivity index (χ0v) is 17.1. The number of aryl methyl sites for hydroxylation is 1. The van der Waals surface area contributed by atoms with E-state index in [-0.39, 0.29) is 11.9 Å². The summed E-state index contributed by atoms with van der Waals surface area (Å²) in [5, 5.41) is 1.94. The number of carbonyl (C=O) groups excluding carboxylic acids is 1. The summed E-state index contributed by atoms with van der Waals surface area (Å²) in [7, 11) is 0. The normalized spacial score (nSPS) is 16.8. The lowest BCUT2D eigenvalue weighted by Gasteiger charge is -2.22. The molecule has 4 aromatic rings. The fourth-order valence-electron chi connectivity index (χ4n) is 3.73. The van der Waals surface area contributed by atoms with E-state index in [1.165, 1.54) is 16.0 Å². The largest absolute Gasteiger partial charge is 0.328 e. The average molecular weight is 406 g/mol. The lowest BCUT2D eigenvalue weighted by atomic mass is 10.2. The summed E-state index contributed by atoms with van der Waals surface area (Å²) in [6.07, 6.45) is 1.98. The Morgan fingerprint density at radius 1 is 1.04 bits per heavy atom. The standard InChI is InChI=1S/C22H19N3OS2/c1-14-19(28-20(23-14)15-8-3-2-4-9-15)22(26)25-13-7-11-17(25)21-24-16-10-5-6-12-18(16)27-21/h2-6,8-10,12,17H,7,11,13H2,1H3. The molecule has 28 heavy (non-hydrogen) atoms. The van der Waals surface area contributed by atoms with Gasteiger partial charge >= 0.3 is 0 Å². The highest BCUT2D eigenvalue weighted by molar-refractivity contribution is 7.18. The van der Waals surface area contributed by atoms with Crippen LogP contribution in [0.2, 0.25) is 0 Å². The first-order chi connectivity index (χ1) is 13.7. The first-order valence-corrected chi connectivity index (χ1v) is 11.0. The van der Waals surface area contributed by atoms with E-state index in [9.17, 15) is 4.79 Å². The van der Waals surface area contributed by atoms with Crippen molar-refractivity contribution in [3.63, 3.8) is 0 Å².